The maximum atomic E-state index is 11.9. The summed E-state index contributed by atoms with van der Waals surface area (Å²) in [5, 5.41) is 13.7. The largest absolute Gasteiger partial charge is 0.312 e. The first-order valence-corrected chi connectivity index (χ1v) is 6.51. The lowest BCUT2D eigenvalue weighted by atomic mass is 10.1. The summed E-state index contributed by atoms with van der Waals surface area (Å²) in [5.41, 5.74) is 1.74. The number of carbonyl (C=O) groups is 1. The second-order valence-corrected chi connectivity index (χ2v) is 4.82. The van der Waals surface area contributed by atoms with Crippen molar-refractivity contribution < 1.29 is 4.79 Å². The number of aromatic amines is 1. The molecule has 0 spiro atoms. The molecule has 0 aliphatic carbocycles. The number of carbonyl (C=O) groups excluding carboxylic acids is 1. The van der Waals surface area contributed by atoms with E-state index >= 15 is 0 Å². The number of amides is 1. The second-order valence-electron chi connectivity index (χ2n) is 4.51. The molecule has 1 amide bonds. The minimum absolute atomic E-state index is 0.123. The maximum absolute atomic E-state index is 11.9. The number of hydrogen-bond acceptors (Lipinski definition) is 4. The Kier molecular flexibility index (Phi) is 3.16. The third-order valence-corrected chi connectivity index (χ3v) is 3.64. The summed E-state index contributed by atoms with van der Waals surface area (Å²) in [4.78, 5) is 13.7. The highest BCUT2D eigenvalue weighted by Gasteiger charge is 2.29. The van der Waals surface area contributed by atoms with Crippen LogP contribution in [0, 0.1) is 5.92 Å². The van der Waals surface area contributed by atoms with E-state index in [1.54, 1.807) is 4.90 Å². The zero-order chi connectivity index (χ0) is 13.2. The number of H-pyrrole nitrogens is 1. The van der Waals surface area contributed by atoms with Crippen LogP contribution in [-0.4, -0.2) is 39.0 Å². The molecule has 1 atom stereocenters. The van der Waals surface area contributed by atoms with E-state index in [0.29, 0.717) is 24.7 Å². The third kappa shape index (κ3) is 2.31. The van der Waals surface area contributed by atoms with Crippen molar-refractivity contribution >= 4 is 23.2 Å². The number of aromatic nitrogens is 4. The van der Waals surface area contributed by atoms with Crippen LogP contribution in [0.15, 0.2) is 24.3 Å². The van der Waals surface area contributed by atoms with Crippen molar-refractivity contribution in [1.82, 2.24) is 20.6 Å². The third-order valence-electron chi connectivity index (χ3n) is 3.21. The number of benzene rings is 1. The predicted octanol–water partition coefficient (Wildman–Crippen LogP) is 1.46. The number of nitrogens with one attached hydrogen (secondary N) is 1. The molecule has 2 aromatic rings. The SMILES string of the molecule is O=C1CC(CCl)CN1c1ccc(-c2nn[nH]n2)cc1. The number of alkyl halides is 1. The molecule has 0 saturated carbocycles. The van der Waals surface area contributed by atoms with Gasteiger partial charge >= 0.3 is 0 Å². The molecule has 6 nitrogen and oxygen atoms in total. The molecular formula is C12H12ClN5O. The Hall–Kier alpha value is -1.95. The highest BCUT2D eigenvalue weighted by atomic mass is 35.5. The van der Waals surface area contributed by atoms with Crippen LogP contribution in [0.2, 0.25) is 0 Å². The van der Waals surface area contributed by atoms with Crippen molar-refractivity contribution in [2.75, 3.05) is 17.3 Å². The summed E-state index contributed by atoms with van der Waals surface area (Å²) in [7, 11) is 0. The highest BCUT2D eigenvalue weighted by molar-refractivity contribution is 6.18. The molecule has 2 heterocycles. The van der Waals surface area contributed by atoms with Crippen molar-refractivity contribution in [3.8, 4) is 11.4 Å². The van der Waals surface area contributed by atoms with Gasteiger partial charge in [0.2, 0.25) is 11.7 Å². The van der Waals surface area contributed by atoms with Gasteiger partial charge in [-0.25, -0.2) is 0 Å². The molecule has 0 radical (unpaired) electrons. The number of nitrogens with zero attached hydrogens (tertiary/aromatic N) is 4. The van der Waals surface area contributed by atoms with Crippen molar-refractivity contribution in [2.45, 2.75) is 6.42 Å². The summed E-state index contributed by atoms with van der Waals surface area (Å²) >= 11 is 5.81. The van der Waals surface area contributed by atoms with Gasteiger partial charge in [0.15, 0.2) is 0 Å². The Morgan fingerprint density at radius 1 is 1.37 bits per heavy atom. The first-order valence-electron chi connectivity index (χ1n) is 5.98. The van der Waals surface area contributed by atoms with E-state index in [0.717, 1.165) is 11.3 Å². The average Bonchev–Trinajstić information content (AvgIpc) is 3.08. The van der Waals surface area contributed by atoms with Crippen LogP contribution in [0.5, 0.6) is 0 Å². The molecule has 3 rings (SSSR count). The lowest BCUT2D eigenvalue weighted by Gasteiger charge is -2.16. The topological polar surface area (TPSA) is 74.8 Å². The standard InChI is InChI=1S/C12H12ClN5O/c13-6-8-5-11(19)18(7-8)10-3-1-9(2-4-10)12-14-16-17-15-12/h1-4,8H,5-7H2,(H,14,15,16,17). The summed E-state index contributed by atoms with van der Waals surface area (Å²) in [5.74, 6) is 1.42. The van der Waals surface area contributed by atoms with Crippen LogP contribution in [-0.2, 0) is 4.79 Å². The molecular weight excluding hydrogens is 266 g/mol. The Morgan fingerprint density at radius 3 is 2.74 bits per heavy atom. The lowest BCUT2D eigenvalue weighted by molar-refractivity contribution is -0.117. The van der Waals surface area contributed by atoms with E-state index in [1.807, 2.05) is 24.3 Å². The van der Waals surface area contributed by atoms with E-state index in [2.05, 4.69) is 20.6 Å². The molecule has 1 aliphatic heterocycles. The van der Waals surface area contributed by atoms with E-state index < -0.39 is 0 Å². The number of anilines is 1. The molecule has 0 bridgehead atoms. The minimum Gasteiger partial charge on any atom is -0.312 e. The van der Waals surface area contributed by atoms with Crippen molar-refractivity contribution in [2.24, 2.45) is 5.92 Å². The van der Waals surface area contributed by atoms with Gasteiger partial charge < -0.3 is 4.90 Å². The van der Waals surface area contributed by atoms with Gasteiger partial charge in [0.05, 0.1) is 0 Å². The van der Waals surface area contributed by atoms with E-state index in [1.165, 1.54) is 0 Å². The molecule has 19 heavy (non-hydrogen) atoms. The fraction of sp³-hybridized carbons (Fsp3) is 0.333. The highest BCUT2D eigenvalue weighted by Crippen LogP contribution is 2.27. The van der Waals surface area contributed by atoms with E-state index in [4.69, 9.17) is 11.6 Å². The van der Waals surface area contributed by atoms with Crippen LogP contribution in [0.3, 0.4) is 0 Å². The molecule has 1 N–H and O–H groups in total. The van der Waals surface area contributed by atoms with Gasteiger partial charge in [-0.15, -0.1) is 21.8 Å². The smallest absolute Gasteiger partial charge is 0.227 e. The van der Waals surface area contributed by atoms with Crippen molar-refractivity contribution in [1.29, 1.82) is 0 Å². The Bertz CT molecular complexity index is 568. The van der Waals surface area contributed by atoms with Gasteiger partial charge in [-0.05, 0) is 35.4 Å². The zero-order valence-electron chi connectivity index (χ0n) is 10.1. The summed E-state index contributed by atoms with van der Waals surface area (Å²) in [6, 6.07) is 7.53. The second kappa shape index (κ2) is 4.97. The monoisotopic (exact) mass is 277 g/mol. The Balaban J connectivity index is 1.81. The first-order chi connectivity index (χ1) is 9.28. The molecule has 7 heteroatoms. The average molecular weight is 278 g/mol. The summed E-state index contributed by atoms with van der Waals surface area (Å²) < 4.78 is 0. The Labute approximate surface area is 114 Å². The normalized spacial score (nSPS) is 19.1. The zero-order valence-corrected chi connectivity index (χ0v) is 10.8. The van der Waals surface area contributed by atoms with E-state index in [9.17, 15) is 4.79 Å². The van der Waals surface area contributed by atoms with Crippen LogP contribution in [0.1, 0.15) is 6.42 Å². The fourth-order valence-electron chi connectivity index (χ4n) is 2.21. The number of rotatable bonds is 3. The van der Waals surface area contributed by atoms with Crippen molar-refractivity contribution in [3.05, 3.63) is 24.3 Å². The quantitative estimate of drug-likeness (QED) is 0.862. The molecule has 1 aromatic heterocycles. The summed E-state index contributed by atoms with van der Waals surface area (Å²) in [6.07, 6.45) is 0.524. The van der Waals surface area contributed by atoms with Gasteiger partial charge in [0.25, 0.3) is 0 Å². The minimum atomic E-state index is 0.123. The molecule has 1 unspecified atom stereocenters. The van der Waals surface area contributed by atoms with Crippen molar-refractivity contribution in [3.63, 3.8) is 0 Å². The van der Waals surface area contributed by atoms with Gasteiger partial charge in [-0.2, -0.15) is 5.21 Å². The fourth-order valence-corrected chi connectivity index (χ4v) is 2.42. The predicted molar refractivity (Wildman–Crippen MR) is 70.8 cm³/mol. The first kappa shape index (κ1) is 12.1. The van der Waals surface area contributed by atoms with Crippen LogP contribution in [0.4, 0.5) is 5.69 Å². The number of hydrogen-bond donors (Lipinski definition) is 1. The lowest BCUT2D eigenvalue weighted by Crippen LogP contribution is -2.24. The molecule has 1 aromatic carbocycles. The van der Waals surface area contributed by atoms with E-state index in [-0.39, 0.29) is 11.8 Å². The van der Waals surface area contributed by atoms with Gasteiger partial charge in [-0.3, -0.25) is 4.79 Å². The number of halogens is 1. The van der Waals surface area contributed by atoms with Gasteiger partial charge in [0.1, 0.15) is 0 Å². The molecule has 1 fully saturated rings. The molecule has 1 saturated heterocycles. The van der Waals surface area contributed by atoms with Crippen LogP contribution >= 0.6 is 11.6 Å². The van der Waals surface area contributed by atoms with Crippen LogP contribution in [0.25, 0.3) is 11.4 Å². The molecule has 98 valence electrons. The molecule has 1 aliphatic rings. The van der Waals surface area contributed by atoms with Gasteiger partial charge in [-0.1, -0.05) is 0 Å². The maximum Gasteiger partial charge on any atom is 0.227 e. The van der Waals surface area contributed by atoms with Gasteiger partial charge in [0, 0.05) is 30.1 Å². The number of tetrazole rings is 1. The van der Waals surface area contributed by atoms with Crippen LogP contribution < -0.4 is 4.90 Å². The Morgan fingerprint density at radius 2 is 2.16 bits per heavy atom. The summed E-state index contributed by atoms with van der Waals surface area (Å²) in [6.45, 7) is 0.684.